The Bertz CT molecular complexity index is 1130. The Kier molecular flexibility index (Phi) is 8.42. The Morgan fingerprint density at radius 3 is 2.17 bits per heavy atom. The summed E-state index contributed by atoms with van der Waals surface area (Å²) in [5.74, 6) is -6.29. The van der Waals surface area contributed by atoms with Gasteiger partial charge in [0, 0.05) is 13.0 Å². The van der Waals surface area contributed by atoms with E-state index in [4.69, 9.17) is 9.47 Å². The maximum absolute atomic E-state index is 13.3. The number of morpholine rings is 1. The zero-order chi connectivity index (χ0) is 26.4. The topological polar surface area (TPSA) is 148 Å². The standard InChI is InChI=1S/C26H27NO9/c1-15(25(31)32)12-20(13-17-8-10-19(11-9-17)18-6-4-3-5-7-18)27-14-21(29)36-22(24(27)30)23(26(33)34)35-16(2)28/h3-11,15,20,22-23H,12-14H2,1-2H3,(H,31,32)(H,33,34)/t15-,20+,22+,23+/m1/s1. The minimum atomic E-state index is -2.02. The molecule has 2 N–H and O–H groups in total. The van der Waals surface area contributed by atoms with Crippen LogP contribution in [0.4, 0.5) is 0 Å². The van der Waals surface area contributed by atoms with E-state index >= 15 is 0 Å². The Morgan fingerprint density at radius 1 is 1.00 bits per heavy atom. The van der Waals surface area contributed by atoms with Gasteiger partial charge in [-0.25, -0.2) is 4.79 Å². The first kappa shape index (κ1) is 26.4. The summed E-state index contributed by atoms with van der Waals surface area (Å²) in [5.41, 5.74) is 2.77. The molecule has 1 fully saturated rings. The Hall–Kier alpha value is -4.21. The molecule has 0 unspecified atom stereocenters. The van der Waals surface area contributed by atoms with Crippen LogP contribution >= 0.6 is 0 Å². The van der Waals surface area contributed by atoms with Crippen LogP contribution in [0.5, 0.6) is 0 Å². The summed E-state index contributed by atoms with van der Waals surface area (Å²) in [6.45, 7) is 1.97. The van der Waals surface area contributed by atoms with E-state index in [1.165, 1.54) is 6.92 Å². The number of carbonyl (C=O) groups is 5. The van der Waals surface area contributed by atoms with E-state index in [0.717, 1.165) is 28.5 Å². The van der Waals surface area contributed by atoms with Crippen molar-refractivity contribution in [2.24, 2.45) is 5.92 Å². The maximum Gasteiger partial charge on any atom is 0.349 e. The summed E-state index contributed by atoms with van der Waals surface area (Å²) in [5, 5.41) is 18.9. The molecule has 0 bridgehead atoms. The molecule has 4 atom stereocenters. The Labute approximate surface area is 207 Å². The SMILES string of the molecule is CC(=O)O[C@H](C(=O)O)[C@@H]1OC(=O)CN([C@H](Cc2ccc(-c3ccccc3)cc2)C[C@@H](C)C(=O)O)C1=O. The van der Waals surface area contributed by atoms with Crippen LogP contribution in [0.15, 0.2) is 54.6 Å². The fourth-order valence-corrected chi connectivity index (χ4v) is 4.10. The summed E-state index contributed by atoms with van der Waals surface area (Å²) in [7, 11) is 0. The van der Waals surface area contributed by atoms with Crippen LogP contribution in [0.25, 0.3) is 11.1 Å². The number of cyclic esters (lactones) is 1. The van der Waals surface area contributed by atoms with Crippen LogP contribution in [0.2, 0.25) is 0 Å². The third-order valence-corrected chi connectivity index (χ3v) is 5.92. The van der Waals surface area contributed by atoms with Crippen molar-refractivity contribution in [1.82, 2.24) is 4.90 Å². The van der Waals surface area contributed by atoms with Crippen molar-refractivity contribution in [3.63, 3.8) is 0 Å². The normalized spacial score (nSPS) is 18.1. The lowest BCUT2D eigenvalue weighted by Crippen LogP contribution is -2.60. The highest BCUT2D eigenvalue weighted by Gasteiger charge is 2.47. The van der Waals surface area contributed by atoms with Crippen molar-refractivity contribution >= 4 is 29.8 Å². The smallest absolute Gasteiger partial charge is 0.349 e. The molecule has 1 amide bonds. The van der Waals surface area contributed by atoms with Gasteiger partial charge in [-0.3, -0.25) is 19.2 Å². The third-order valence-electron chi connectivity index (χ3n) is 5.92. The average molecular weight is 498 g/mol. The molecule has 0 saturated carbocycles. The molecule has 0 aliphatic carbocycles. The van der Waals surface area contributed by atoms with Crippen molar-refractivity contribution in [3.8, 4) is 11.1 Å². The number of aliphatic carboxylic acids is 2. The van der Waals surface area contributed by atoms with E-state index in [1.54, 1.807) is 0 Å². The molecule has 1 heterocycles. The van der Waals surface area contributed by atoms with E-state index < -0.39 is 60.5 Å². The number of nitrogens with zero attached hydrogens (tertiary/aromatic N) is 1. The van der Waals surface area contributed by atoms with Crippen LogP contribution in [-0.4, -0.2) is 69.7 Å². The number of rotatable bonds is 10. The van der Waals surface area contributed by atoms with E-state index in [-0.39, 0.29) is 12.8 Å². The number of carboxylic acids is 2. The van der Waals surface area contributed by atoms with E-state index in [1.807, 2.05) is 54.6 Å². The van der Waals surface area contributed by atoms with Crippen LogP contribution in [0.1, 0.15) is 25.8 Å². The van der Waals surface area contributed by atoms with Gasteiger partial charge in [-0.05, 0) is 29.5 Å². The average Bonchev–Trinajstić information content (AvgIpc) is 2.84. The number of amides is 1. The van der Waals surface area contributed by atoms with Crippen LogP contribution in [-0.2, 0) is 39.9 Å². The Morgan fingerprint density at radius 2 is 1.61 bits per heavy atom. The molecule has 2 aromatic rings. The number of benzene rings is 2. The molecule has 0 spiro atoms. The number of esters is 2. The van der Waals surface area contributed by atoms with Crippen LogP contribution in [0.3, 0.4) is 0 Å². The summed E-state index contributed by atoms with van der Waals surface area (Å²) in [6, 6.07) is 16.4. The zero-order valence-electron chi connectivity index (χ0n) is 19.8. The van der Waals surface area contributed by atoms with E-state index in [0.29, 0.717) is 0 Å². The molecule has 0 aromatic heterocycles. The highest BCUT2D eigenvalue weighted by Crippen LogP contribution is 2.25. The molecule has 1 saturated heterocycles. The molecule has 1 aliphatic heterocycles. The Balaban J connectivity index is 1.89. The number of ether oxygens (including phenoxy) is 2. The van der Waals surface area contributed by atoms with Gasteiger partial charge in [-0.2, -0.15) is 0 Å². The second-order valence-electron chi connectivity index (χ2n) is 8.64. The van der Waals surface area contributed by atoms with Crippen molar-refractivity contribution in [3.05, 3.63) is 60.2 Å². The summed E-state index contributed by atoms with van der Waals surface area (Å²) in [4.78, 5) is 61.4. The van der Waals surface area contributed by atoms with E-state index in [2.05, 4.69) is 0 Å². The molecule has 2 aromatic carbocycles. The summed E-state index contributed by atoms with van der Waals surface area (Å²) in [6.07, 6.45) is -3.68. The lowest BCUT2D eigenvalue weighted by molar-refractivity contribution is -0.192. The van der Waals surface area contributed by atoms with Crippen LogP contribution < -0.4 is 0 Å². The van der Waals surface area contributed by atoms with Gasteiger partial charge in [0.15, 0.2) is 0 Å². The highest BCUT2D eigenvalue weighted by molar-refractivity contribution is 5.95. The summed E-state index contributed by atoms with van der Waals surface area (Å²) < 4.78 is 9.70. The fourth-order valence-electron chi connectivity index (χ4n) is 4.10. The van der Waals surface area contributed by atoms with Gasteiger partial charge in [0.2, 0.25) is 12.2 Å². The minimum absolute atomic E-state index is 0.00676. The molecular formula is C26H27NO9. The van der Waals surface area contributed by atoms with Crippen molar-refractivity contribution < 1.29 is 43.7 Å². The number of carbonyl (C=O) groups excluding carboxylic acids is 3. The fraction of sp³-hybridized carbons (Fsp3) is 0.346. The van der Waals surface area contributed by atoms with Crippen molar-refractivity contribution in [1.29, 1.82) is 0 Å². The molecule has 10 heteroatoms. The van der Waals surface area contributed by atoms with Crippen molar-refractivity contribution in [2.45, 2.75) is 44.9 Å². The summed E-state index contributed by atoms with van der Waals surface area (Å²) >= 11 is 0. The molecule has 1 aliphatic rings. The molecular weight excluding hydrogens is 470 g/mol. The highest BCUT2D eigenvalue weighted by atomic mass is 16.6. The number of hydrogen-bond acceptors (Lipinski definition) is 7. The minimum Gasteiger partial charge on any atom is -0.481 e. The molecule has 10 nitrogen and oxygen atoms in total. The lowest BCUT2D eigenvalue weighted by Gasteiger charge is -2.39. The zero-order valence-corrected chi connectivity index (χ0v) is 19.8. The maximum atomic E-state index is 13.3. The molecule has 3 rings (SSSR count). The second kappa shape index (κ2) is 11.5. The molecule has 0 radical (unpaired) electrons. The van der Waals surface area contributed by atoms with Gasteiger partial charge < -0.3 is 24.6 Å². The number of carboxylic acid groups (broad SMARTS) is 2. The lowest BCUT2D eigenvalue weighted by atomic mass is 9.93. The van der Waals surface area contributed by atoms with Gasteiger partial charge in [0.25, 0.3) is 5.91 Å². The van der Waals surface area contributed by atoms with E-state index in [9.17, 15) is 34.2 Å². The van der Waals surface area contributed by atoms with Crippen LogP contribution in [0, 0.1) is 5.92 Å². The van der Waals surface area contributed by atoms with Crippen molar-refractivity contribution in [2.75, 3.05) is 6.54 Å². The largest absolute Gasteiger partial charge is 0.481 e. The predicted molar refractivity (Wildman–Crippen MR) is 126 cm³/mol. The predicted octanol–water partition coefficient (Wildman–Crippen LogP) is 2.15. The first-order valence-electron chi connectivity index (χ1n) is 11.3. The number of hydrogen-bond donors (Lipinski definition) is 2. The van der Waals surface area contributed by atoms with Gasteiger partial charge in [0.05, 0.1) is 5.92 Å². The quantitative estimate of drug-likeness (QED) is 0.471. The molecule has 36 heavy (non-hydrogen) atoms. The second-order valence-corrected chi connectivity index (χ2v) is 8.64. The monoisotopic (exact) mass is 497 g/mol. The first-order chi connectivity index (χ1) is 17.1. The van der Waals surface area contributed by atoms with Gasteiger partial charge >= 0.3 is 23.9 Å². The van der Waals surface area contributed by atoms with Gasteiger partial charge in [-0.15, -0.1) is 0 Å². The van der Waals surface area contributed by atoms with Gasteiger partial charge in [-0.1, -0.05) is 61.5 Å². The van der Waals surface area contributed by atoms with Gasteiger partial charge in [0.1, 0.15) is 6.54 Å². The molecule has 190 valence electrons. The first-order valence-corrected chi connectivity index (χ1v) is 11.3. The third kappa shape index (κ3) is 6.47.